The lowest BCUT2D eigenvalue weighted by Crippen LogP contribution is -2.29. The first-order valence-electron chi connectivity index (χ1n) is 4.92. The summed E-state index contributed by atoms with van der Waals surface area (Å²) >= 11 is 0. The van der Waals surface area contributed by atoms with Crippen LogP contribution in [0, 0.1) is 0 Å². The highest BCUT2D eigenvalue weighted by atomic mass is 16.5. The van der Waals surface area contributed by atoms with Crippen LogP contribution in [-0.2, 0) is 4.74 Å². The van der Waals surface area contributed by atoms with E-state index in [-0.39, 0.29) is 18.4 Å². The summed E-state index contributed by atoms with van der Waals surface area (Å²) in [7, 11) is 3.14. The van der Waals surface area contributed by atoms with Gasteiger partial charge in [-0.3, -0.25) is 9.59 Å². The van der Waals surface area contributed by atoms with Crippen LogP contribution in [0.25, 0.3) is 0 Å². The van der Waals surface area contributed by atoms with Crippen LogP contribution in [0.3, 0.4) is 0 Å². The van der Waals surface area contributed by atoms with Crippen molar-refractivity contribution in [3.8, 4) is 0 Å². The van der Waals surface area contributed by atoms with Crippen molar-refractivity contribution in [3.63, 3.8) is 0 Å². The Balaban J connectivity index is 3.03. The summed E-state index contributed by atoms with van der Waals surface area (Å²) in [5, 5.41) is 0. The maximum atomic E-state index is 12.0. The molecule has 1 aromatic rings. The standard InChI is InChI=1S/C12H15NO3/c1-9(14)10-6-4-5-7-11(10)12(15)13(2)8-16-3/h4-7H,8H2,1-3H3. The topological polar surface area (TPSA) is 46.6 Å². The monoisotopic (exact) mass is 221 g/mol. The van der Waals surface area contributed by atoms with Crippen molar-refractivity contribution in [2.75, 3.05) is 20.9 Å². The van der Waals surface area contributed by atoms with Crippen LogP contribution >= 0.6 is 0 Å². The van der Waals surface area contributed by atoms with Crippen LogP contribution in [-0.4, -0.2) is 37.5 Å². The summed E-state index contributed by atoms with van der Waals surface area (Å²) in [6, 6.07) is 6.77. The number of benzene rings is 1. The Bertz CT molecular complexity index is 401. The molecule has 0 aliphatic heterocycles. The predicted molar refractivity (Wildman–Crippen MR) is 60.4 cm³/mol. The molecular weight excluding hydrogens is 206 g/mol. The van der Waals surface area contributed by atoms with Gasteiger partial charge in [0.25, 0.3) is 5.91 Å². The predicted octanol–water partition coefficient (Wildman–Crippen LogP) is 1.57. The van der Waals surface area contributed by atoms with Crippen molar-refractivity contribution in [2.24, 2.45) is 0 Å². The molecule has 4 nitrogen and oxygen atoms in total. The number of hydrogen-bond donors (Lipinski definition) is 0. The second-order valence-corrected chi connectivity index (χ2v) is 3.52. The number of nitrogens with zero attached hydrogens (tertiary/aromatic N) is 1. The molecule has 0 spiro atoms. The van der Waals surface area contributed by atoms with Crippen LogP contribution in [0.2, 0.25) is 0 Å². The highest BCUT2D eigenvalue weighted by molar-refractivity contribution is 6.07. The van der Waals surface area contributed by atoms with E-state index in [1.807, 2.05) is 0 Å². The highest BCUT2D eigenvalue weighted by Crippen LogP contribution is 2.11. The Kier molecular flexibility index (Phi) is 4.19. The first-order chi connectivity index (χ1) is 7.57. The molecule has 0 radical (unpaired) electrons. The van der Waals surface area contributed by atoms with Crippen LogP contribution in [0.5, 0.6) is 0 Å². The van der Waals surface area contributed by atoms with Crippen molar-refractivity contribution >= 4 is 11.7 Å². The van der Waals surface area contributed by atoms with Crippen molar-refractivity contribution in [1.29, 1.82) is 0 Å². The summed E-state index contributed by atoms with van der Waals surface area (Å²) in [5.74, 6) is -0.331. The third-order valence-corrected chi connectivity index (χ3v) is 2.21. The highest BCUT2D eigenvalue weighted by Gasteiger charge is 2.16. The molecule has 0 aliphatic carbocycles. The molecule has 0 atom stereocenters. The number of hydrogen-bond acceptors (Lipinski definition) is 3. The molecule has 0 saturated carbocycles. The zero-order chi connectivity index (χ0) is 12.1. The van der Waals surface area contributed by atoms with E-state index in [0.717, 1.165) is 0 Å². The normalized spacial score (nSPS) is 9.94. The molecule has 1 rings (SSSR count). The Labute approximate surface area is 94.8 Å². The number of Topliss-reactive ketones (excluding diaryl/α,β-unsaturated/α-hetero) is 1. The van der Waals surface area contributed by atoms with E-state index in [2.05, 4.69) is 0 Å². The van der Waals surface area contributed by atoms with E-state index < -0.39 is 0 Å². The van der Waals surface area contributed by atoms with E-state index in [0.29, 0.717) is 11.1 Å². The van der Waals surface area contributed by atoms with Crippen LogP contribution in [0.4, 0.5) is 0 Å². The van der Waals surface area contributed by atoms with E-state index in [9.17, 15) is 9.59 Å². The molecule has 4 heteroatoms. The lowest BCUT2D eigenvalue weighted by atomic mass is 10.0. The Hall–Kier alpha value is -1.68. The molecule has 0 N–H and O–H groups in total. The average Bonchev–Trinajstić information content (AvgIpc) is 2.28. The van der Waals surface area contributed by atoms with Crippen molar-refractivity contribution in [1.82, 2.24) is 4.90 Å². The van der Waals surface area contributed by atoms with Crippen molar-refractivity contribution in [3.05, 3.63) is 35.4 Å². The number of ether oxygens (including phenoxy) is 1. The Morgan fingerprint density at radius 1 is 1.25 bits per heavy atom. The molecule has 0 bridgehead atoms. The largest absolute Gasteiger partial charge is 0.364 e. The molecule has 86 valence electrons. The smallest absolute Gasteiger partial charge is 0.256 e. The molecule has 0 heterocycles. The van der Waals surface area contributed by atoms with Crippen LogP contribution in [0.1, 0.15) is 27.6 Å². The molecular formula is C12H15NO3. The minimum Gasteiger partial charge on any atom is -0.364 e. The fourth-order valence-corrected chi connectivity index (χ4v) is 1.43. The number of rotatable bonds is 4. The van der Waals surface area contributed by atoms with Gasteiger partial charge in [-0.2, -0.15) is 0 Å². The fourth-order valence-electron chi connectivity index (χ4n) is 1.43. The van der Waals surface area contributed by atoms with Gasteiger partial charge in [0.05, 0.1) is 5.56 Å². The minimum atomic E-state index is -0.215. The maximum Gasteiger partial charge on any atom is 0.256 e. The maximum absolute atomic E-state index is 12.0. The quantitative estimate of drug-likeness (QED) is 0.572. The van der Waals surface area contributed by atoms with Gasteiger partial charge in [0.2, 0.25) is 0 Å². The SMILES string of the molecule is COCN(C)C(=O)c1ccccc1C(C)=O. The van der Waals surface area contributed by atoms with E-state index in [4.69, 9.17) is 4.74 Å². The first kappa shape index (κ1) is 12.4. The third kappa shape index (κ3) is 2.67. The van der Waals surface area contributed by atoms with E-state index in [1.165, 1.54) is 18.9 Å². The first-order valence-corrected chi connectivity index (χ1v) is 4.92. The molecule has 16 heavy (non-hydrogen) atoms. The summed E-state index contributed by atoms with van der Waals surface area (Å²) in [6.07, 6.45) is 0. The number of ketones is 1. The molecule has 0 saturated heterocycles. The van der Waals surface area contributed by atoms with E-state index in [1.54, 1.807) is 31.3 Å². The van der Waals surface area contributed by atoms with Gasteiger partial charge in [0.15, 0.2) is 5.78 Å². The van der Waals surface area contributed by atoms with Crippen LogP contribution in [0.15, 0.2) is 24.3 Å². The average molecular weight is 221 g/mol. The van der Waals surface area contributed by atoms with Gasteiger partial charge in [-0.05, 0) is 13.0 Å². The second kappa shape index (κ2) is 5.42. The van der Waals surface area contributed by atoms with Crippen molar-refractivity contribution < 1.29 is 14.3 Å². The number of amides is 1. The van der Waals surface area contributed by atoms with Gasteiger partial charge < -0.3 is 9.64 Å². The minimum absolute atomic E-state index is 0.116. The second-order valence-electron chi connectivity index (χ2n) is 3.52. The molecule has 1 aromatic carbocycles. The fraction of sp³-hybridized carbons (Fsp3) is 0.333. The lowest BCUT2D eigenvalue weighted by Gasteiger charge is -2.17. The van der Waals surface area contributed by atoms with Gasteiger partial charge in [0.1, 0.15) is 6.73 Å². The lowest BCUT2D eigenvalue weighted by molar-refractivity contribution is 0.0505. The molecule has 1 amide bonds. The van der Waals surface area contributed by atoms with Gasteiger partial charge in [-0.15, -0.1) is 0 Å². The van der Waals surface area contributed by atoms with Crippen LogP contribution < -0.4 is 0 Å². The molecule has 0 aliphatic rings. The molecule has 0 aromatic heterocycles. The zero-order valence-electron chi connectivity index (χ0n) is 9.69. The van der Waals surface area contributed by atoms with Gasteiger partial charge in [0, 0.05) is 19.7 Å². The number of carbonyl (C=O) groups excluding carboxylic acids is 2. The van der Waals surface area contributed by atoms with Crippen molar-refractivity contribution in [2.45, 2.75) is 6.92 Å². The summed E-state index contributed by atoms with van der Waals surface area (Å²) in [6.45, 7) is 1.65. The third-order valence-electron chi connectivity index (χ3n) is 2.21. The number of methoxy groups -OCH3 is 1. The van der Waals surface area contributed by atoms with Gasteiger partial charge in [-0.1, -0.05) is 18.2 Å². The van der Waals surface area contributed by atoms with Gasteiger partial charge in [-0.25, -0.2) is 0 Å². The molecule has 0 fully saturated rings. The molecule has 0 unspecified atom stereocenters. The van der Waals surface area contributed by atoms with E-state index >= 15 is 0 Å². The zero-order valence-corrected chi connectivity index (χ0v) is 9.69. The summed E-state index contributed by atoms with van der Waals surface area (Å²) in [4.78, 5) is 24.7. The summed E-state index contributed by atoms with van der Waals surface area (Å²) < 4.78 is 4.87. The van der Waals surface area contributed by atoms with Gasteiger partial charge >= 0.3 is 0 Å². The summed E-state index contributed by atoms with van der Waals surface area (Å²) in [5.41, 5.74) is 0.852. The Morgan fingerprint density at radius 2 is 1.81 bits per heavy atom. The number of carbonyl (C=O) groups is 2. The Morgan fingerprint density at radius 3 is 2.31 bits per heavy atom.